The molecule has 1 amide bonds. The van der Waals surface area contributed by atoms with E-state index in [9.17, 15) is 4.79 Å². The number of nitrogens with zero attached hydrogens (tertiary/aromatic N) is 2. The van der Waals surface area contributed by atoms with Crippen LogP contribution in [0.25, 0.3) is 0 Å². The highest BCUT2D eigenvalue weighted by atomic mass is 79.9. The first-order chi connectivity index (χ1) is 15.5. The number of hydrogen-bond donors (Lipinski definition) is 1. The molecule has 0 saturated heterocycles. The van der Waals surface area contributed by atoms with Crippen molar-refractivity contribution in [2.75, 3.05) is 5.32 Å². The molecule has 0 aliphatic heterocycles. The second-order valence-corrected chi connectivity index (χ2v) is 8.74. The maximum Gasteiger partial charge on any atom is 0.256 e. The average Bonchev–Trinajstić information content (AvgIpc) is 3.13. The summed E-state index contributed by atoms with van der Waals surface area (Å²) < 4.78 is 8.41. The summed E-state index contributed by atoms with van der Waals surface area (Å²) in [7, 11) is 0. The fourth-order valence-corrected chi connectivity index (χ4v) is 3.70. The Morgan fingerprint density at radius 3 is 2.56 bits per heavy atom. The Morgan fingerprint density at radius 1 is 1.00 bits per heavy atom. The van der Waals surface area contributed by atoms with Crippen molar-refractivity contribution >= 4 is 50.9 Å². The highest BCUT2D eigenvalue weighted by Crippen LogP contribution is 2.23. The quantitative estimate of drug-likeness (QED) is 0.285. The molecule has 0 radical (unpaired) electrons. The van der Waals surface area contributed by atoms with Gasteiger partial charge in [-0.1, -0.05) is 69.5 Å². The maximum absolute atomic E-state index is 12.8. The molecule has 1 aromatic heterocycles. The Balaban J connectivity index is 1.41. The molecule has 32 heavy (non-hydrogen) atoms. The van der Waals surface area contributed by atoms with Crippen LogP contribution in [0.1, 0.15) is 21.5 Å². The lowest BCUT2D eigenvalue weighted by molar-refractivity contribution is 0.102. The molecule has 0 atom stereocenters. The smallest absolute Gasteiger partial charge is 0.256 e. The molecule has 0 saturated carbocycles. The summed E-state index contributed by atoms with van der Waals surface area (Å²) >= 11 is 15.9. The van der Waals surface area contributed by atoms with Crippen molar-refractivity contribution in [3.8, 4) is 5.75 Å². The van der Waals surface area contributed by atoms with Crippen LogP contribution >= 0.6 is 39.1 Å². The zero-order chi connectivity index (χ0) is 22.5. The van der Waals surface area contributed by atoms with Crippen molar-refractivity contribution in [1.29, 1.82) is 0 Å². The van der Waals surface area contributed by atoms with Crippen molar-refractivity contribution in [3.63, 3.8) is 0 Å². The molecule has 0 fully saturated rings. The van der Waals surface area contributed by atoms with Crippen LogP contribution in [0.5, 0.6) is 5.75 Å². The molecule has 4 rings (SSSR count). The number of aromatic nitrogens is 2. The van der Waals surface area contributed by atoms with Gasteiger partial charge in [0.05, 0.1) is 6.54 Å². The first kappa shape index (κ1) is 22.4. The maximum atomic E-state index is 12.8. The molecular formula is C24H18BrCl2N3O2. The van der Waals surface area contributed by atoms with E-state index in [-0.39, 0.29) is 5.91 Å². The molecule has 4 aromatic rings. The lowest BCUT2D eigenvalue weighted by Gasteiger charge is -2.08. The first-order valence-electron chi connectivity index (χ1n) is 9.73. The summed E-state index contributed by atoms with van der Waals surface area (Å²) in [6.45, 7) is 0.786. The second-order valence-electron chi connectivity index (χ2n) is 7.01. The molecule has 3 aromatic carbocycles. The molecule has 0 unspecified atom stereocenters. The van der Waals surface area contributed by atoms with Gasteiger partial charge in [-0.05, 0) is 53.6 Å². The predicted molar refractivity (Wildman–Crippen MR) is 131 cm³/mol. The van der Waals surface area contributed by atoms with Gasteiger partial charge in [0.2, 0.25) is 0 Å². The molecule has 1 N–H and O–H groups in total. The summed E-state index contributed by atoms with van der Waals surface area (Å²) in [5, 5.41) is 8.15. The van der Waals surface area contributed by atoms with Crippen LogP contribution < -0.4 is 10.1 Å². The van der Waals surface area contributed by atoms with Gasteiger partial charge in [0.15, 0.2) is 5.82 Å². The summed E-state index contributed by atoms with van der Waals surface area (Å²) in [4.78, 5) is 12.8. The molecule has 0 bridgehead atoms. The number of ether oxygens (including phenoxy) is 1. The van der Waals surface area contributed by atoms with Gasteiger partial charge in [0.25, 0.3) is 5.91 Å². The van der Waals surface area contributed by atoms with Gasteiger partial charge in [-0.2, -0.15) is 5.10 Å². The third-order valence-electron chi connectivity index (χ3n) is 4.65. The van der Waals surface area contributed by atoms with Crippen LogP contribution in [0.3, 0.4) is 0 Å². The Kier molecular flexibility index (Phi) is 7.15. The van der Waals surface area contributed by atoms with E-state index < -0.39 is 0 Å². The van der Waals surface area contributed by atoms with Crippen molar-refractivity contribution in [2.24, 2.45) is 0 Å². The lowest BCUT2D eigenvalue weighted by atomic mass is 10.1. The first-order valence-corrected chi connectivity index (χ1v) is 11.3. The van der Waals surface area contributed by atoms with E-state index in [0.717, 1.165) is 21.3 Å². The van der Waals surface area contributed by atoms with Gasteiger partial charge in [-0.15, -0.1) is 0 Å². The average molecular weight is 531 g/mol. The number of halogens is 3. The van der Waals surface area contributed by atoms with E-state index in [4.69, 9.17) is 27.9 Å². The Labute approximate surface area is 204 Å². The number of carbonyl (C=O) groups excluding carboxylic acids is 1. The molecule has 0 aliphatic carbocycles. The van der Waals surface area contributed by atoms with Gasteiger partial charge in [0, 0.05) is 21.3 Å². The highest BCUT2D eigenvalue weighted by molar-refractivity contribution is 9.10. The van der Waals surface area contributed by atoms with Crippen molar-refractivity contribution in [1.82, 2.24) is 9.78 Å². The number of carbonyl (C=O) groups is 1. The summed E-state index contributed by atoms with van der Waals surface area (Å²) in [6.07, 6.45) is 1.66. The molecule has 0 aliphatic rings. The minimum atomic E-state index is -0.305. The Hall–Kier alpha value is -2.80. The fraction of sp³-hybridized carbons (Fsp3) is 0.0833. The normalized spacial score (nSPS) is 10.7. The van der Waals surface area contributed by atoms with Crippen LogP contribution in [-0.2, 0) is 13.2 Å². The van der Waals surface area contributed by atoms with Gasteiger partial charge in [-0.25, -0.2) is 0 Å². The summed E-state index contributed by atoms with van der Waals surface area (Å²) in [5.41, 5.74) is 2.26. The van der Waals surface area contributed by atoms with Gasteiger partial charge in [0.1, 0.15) is 17.4 Å². The highest BCUT2D eigenvalue weighted by Gasteiger charge is 2.14. The Bertz CT molecular complexity index is 1240. The van der Waals surface area contributed by atoms with Gasteiger partial charge in [-0.3, -0.25) is 9.48 Å². The second kappa shape index (κ2) is 10.2. The van der Waals surface area contributed by atoms with Crippen molar-refractivity contribution in [3.05, 3.63) is 110 Å². The minimum absolute atomic E-state index is 0.292. The van der Waals surface area contributed by atoms with E-state index in [1.54, 1.807) is 23.0 Å². The summed E-state index contributed by atoms with van der Waals surface area (Å²) in [5.74, 6) is 0.736. The van der Waals surface area contributed by atoms with Crippen molar-refractivity contribution in [2.45, 2.75) is 13.2 Å². The van der Waals surface area contributed by atoms with E-state index in [0.29, 0.717) is 34.6 Å². The number of benzene rings is 3. The third kappa shape index (κ3) is 5.71. The Morgan fingerprint density at radius 2 is 1.78 bits per heavy atom. The SMILES string of the molecule is O=C(Nc1nn(Cc2ccccc2Cl)cc1Cl)c1cccc(COc2ccc(Br)cc2)c1. The van der Waals surface area contributed by atoms with Crippen LogP contribution in [0.2, 0.25) is 10.0 Å². The minimum Gasteiger partial charge on any atom is -0.489 e. The lowest BCUT2D eigenvalue weighted by Crippen LogP contribution is -2.13. The number of amides is 1. The van der Waals surface area contributed by atoms with Gasteiger partial charge < -0.3 is 10.1 Å². The van der Waals surface area contributed by atoms with E-state index >= 15 is 0 Å². The van der Waals surface area contributed by atoms with Crippen LogP contribution in [0, 0.1) is 0 Å². The fourth-order valence-electron chi connectivity index (χ4n) is 3.04. The largest absolute Gasteiger partial charge is 0.489 e. The molecule has 0 spiro atoms. The van der Waals surface area contributed by atoms with Crippen LogP contribution in [-0.4, -0.2) is 15.7 Å². The zero-order valence-electron chi connectivity index (χ0n) is 16.8. The van der Waals surface area contributed by atoms with E-state index in [1.165, 1.54) is 0 Å². The summed E-state index contributed by atoms with van der Waals surface area (Å²) in [6, 6.07) is 22.3. The molecular weight excluding hydrogens is 513 g/mol. The topological polar surface area (TPSA) is 56.2 Å². The van der Waals surface area contributed by atoms with Gasteiger partial charge >= 0.3 is 0 Å². The molecule has 5 nitrogen and oxygen atoms in total. The van der Waals surface area contributed by atoms with E-state index in [1.807, 2.05) is 60.7 Å². The monoisotopic (exact) mass is 529 g/mol. The number of rotatable bonds is 7. The van der Waals surface area contributed by atoms with E-state index in [2.05, 4.69) is 26.3 Å². The standard InChI is InChI=1S/C24H18BrCl2N3O2/c25-19-8-10-20(11-9-19)32-15-16-4-3-6-17(12-16)24(31)28-23-22(27)14-30(29-23)13-18-5-1-2-7-21(18)26/h1-12,14H,13,15H2,(H,28,29,31). The van der Waals surface area contributed by atoms with Crippen LogP contribution in [0.4, 0.5) is 5.82 Å². The number of anilines is 1. The molecule has 8 heteroatoms. The molecule has 162 valence electrons. The number of nitrogens with one attached hydrogen (secondary N) is 1. The number of hydrogen-bond acceptors (Lipinski definition) is 3. The third-order valence-corrected chi connectivity index (χ3v) is 5.82. The zero-order valence-corrected chi connectivity index (χ0v) is 19.9. The van der Waals surface area contributed by atoms with Crippen molar-refractivity contribution < 1.29 is 9.53 Å². The molecule has 1 heterocycles. The predicted octanol–water partition coefficient (Wildman–Crippen LogP) is 6.83. The van der Waals surface area contributed by atoms with Crippen LogP contribution in [0.15, 0.2) is 83.5 Å².